The minimum Gasteiger partial charge on any atom is -0.465 e. The van der Waals surface area contributed by atoms with E-state index < -0.39 is 5.60 Å². The van der Waals surface area contributed by atoms with Crippen molar-refractivity contribution in [1.29, 1.82) is 0 Å². The second-order valence-electron chi connectivity index (χ2n) is 5.15. The Labute approximate surface area is 107 Å². The Morgan fingerprint density at radius 2 is 2.11 bits per heavy atom. The first kappa shape index (κ1) is 13.1. The molecule has 0 aromatic heterocycles. The topological polar surface area (TPSA) is 49.8 Å². The summed E-state index contributed by atoms with van der Waals surface area (Å²) in [6, 6.07) is 7.41. The first-order valence-corrected chi connectivity index (χ1v) is 6.12. The van der Waals surface area contributed by atoms with Gasteiger partial charge in [0.25, 0.3) is 0 Å². The van der Waals surface area contributed by atoms with Crippen molar-refractivity contribution in [3.05, 3.63) is 35.4 Å². The Morgan fingerprint density at radius 3 is 2.61 bits per heavy atom. The summed E-state index contributed by atoms with van der Waals surface area (Å²) in [5.74, 6) is -0.314. The summed E-state index contributed by atoms with van der Waals surface area (Å²) >= 11 is 0. The zero-order valence-corrected chi connectivity index (χ0v) is 10.8. The maximum atomic E-state index is 11.3. The van der Waals surface area contributed by atoms with E-state index in [0.717, 1.165) is 25.1 Å². The number of aliphatic hydroxyl groups is 1. The van der Waals surface area contributed by atoms with Gasteiger partial charge >= 0.3 is 5.97 Å². The molecular formula is C14H19NO3. The normalized spacial score (nSPS) is 24.2. The Balaban J connectivity index is 1.97. The van der Waals surface area contributed by atoms with E-state index in [9.17, 15) is 9.90 Å². The van der Waals surface area contributed by atoms with Crippen LogP contribution in [0, 0.1) is 0 Å². The molecule has 1 N–H and O–H groups in total. The number of methoxy groups -OCH3 is 1. The molecule has 1 aliphatic rings. The molecule has 1 heterocycles. The van der Waals surface area contributed by atoms with E-state index in [2.05, 4.69) is 9.64 Å². The van der Waals surface area contributed by atoms with Crippen LogP contribution in [0.15, 0.2) is 24.3 Å². The molecule has 18 heavy (non-hydrogen) atoms. The van der Waals surface area contributed by atoms with Crippen LogP contribution in [0.2, 0.25) is 0 Å². The summed E-state index contributed by atoms with van der Waals surface area (Å²) in [6.07, 6.45) is 0.813. The molecule has 1 aliphatic heterocycles. The summed E-state index contributed by atoms with van der Waals surface area (Å²) < 4.78 is 4.65. The fourth-order valence-corrected chi connectivity index (χ4v) is 2.30. The van der Waals surface area contributed by atoms with Crippen LogP contribution in [0.4, 0.5) is 0 Å². The molecule has 4 nitrogen and oxygen atoms in total. The van der Waals surface area contributed by atoms with E-state index in [1.165, 1.54) is 7.11 Å². The molecule has 1 aromatic carbocycles. The lowest BCUT2D eigenvalue weighted by molar-refractivity contribution is 0.0600. The molecule has 0 radical (unpaired) electrons. The lowest BCUT2D eigenvalue weighted by atomic mass is 10.1. The summed E-state index contributed by atoms with van der Waals surface area (Å²) in [5, 5.41) is 9.89. The van der Waals surface area contributed by atoms with Crippen LogP contribution in [0.3, 0.4) is 0 Å². The summed E-state index contributed by atoms with van der Waals surface area (Å²) in [5.41, 5.74) is 1.14. The predicted octanol–water partition coefficient (Wildman–Crippen LogP) is 1.43. The SMILES string of the molecule is COC(=O)c1ccc(CN2CCC(C)(O)C2)cc1. The average Bonchev–Trinajstić information content (AvgIpc) is 2.68. The van der Waals surface area contributed by atoms with Gasteiger partial charge in [0.1, 0.15) is 0 Å². The number of β-amino-alcohol motifs (C(OH)–C–C–N with tert-alkyl or cyclic N) is 1. The Morgan fingerprint density at radius 1 is 1.44 bits per heavy atom. The van der Waals surface area contributed by atoms with E-state index >= 15 is 0 Å². The number of hydrogen-bond acceptors (Lipinski definition) is 4. The third-order valence-electron chi connectivity index (χ3n) is 3.31. The van der Waals surface area contributed by atoms with Gasteiger partial charge in [0.05, 0.1) is 18.3 Å². The number of rotatable bonds is 3. The molecule has 1 aromatic rings. The quantitative estimate of drug-likeness (QED) is 0.823. The Bertz CT molecular complexity index is 425. The highest BCUT2D eigenvalue weighted by Gasteiger charge is 2.30. The van der Waals surface area contributed by atoms with Crippen molar-refractivity contribution >= 4 is 5.97 Å². The van der Waals surface area contributed by atoms with Crippen molar-refractivity contribution in [2.45, 2.75) is 25.5 Å². The molecule has 0 bridgehead atoms. The molecule has 1 unspecified atom stereocenters. The monoisotopic (exact) mass is 249 g/mol. The minimum absolute atomic E-state index is 0.314. The van der Waals surface area contributed by atoms with Gasteiger partial charge in [-0.1, -0.05) is 12.1 Å². The van der Waals surface area contributed by atoms with Gasteiger partial charge in [-0.2, -0.15) is 0 Å². The Kier molecular flexibility index (Phi) is 3.68. The maximum Gasteiger partial charge on any atom is 0.337 e. The van der Waals surface area contributed by atoms with Crippen LogP contribution in [0.1, 0.15) is 29.3 Å². The molecular weight excluding hydrogens is 230 g/mol. The first-order valence-electron chi connectivity index (χ1n) is 6.12. The van der Waals surface area contributed by atoms with E-state index in [1.54, 1.807) is 12.1 Å². The van der Waals surface area contributed by atoms with Crippen molar-refractivity contribution in [2.24, 2.45) is 0 Å². The number of carbonyl (C=O) groups is 1. The van der Waals surface area contributed by atoms with Crippen LogP contribution < -0.4 is 0 Å². The number of esters is 1. The molecule has 1 saturated heterocycles. The van der Waals surface area contributed by atoms with Gasteiger partial charge in [-0.15, -0.1) is 0 Å². The number of ether oxygens (including phenoxy) is 1. The highest BCUT2D eigenvalue weighted by atomic mass is 16.5. The van der Waals surface area contributed by atoms with Gasteiger partial charge in [-0.25, -0.2) is 4.79 Å². The fraction of sp³-hybridized carbons (Fsp3) is 0.500. The lowest BCUT2D eigenvalue weighted by Gasteiger charge is -2.18. The second-order valence-corrected chi connectivity index (χ2v) is 5.15. The van der Waals surface area contributed by atoms with Crippen LogP contribution >= 0.6 is 0 Å². The molecule has 4 heteroatoms. The smallest absolute Gasteiger partial charge is 0.337 e. The zero-order chi connectivity index (χ0) is 13.2. The van der Waals surface area contributed by atoms with Gasteiger partial charge in [-0.3, -0.25) is 4.90 Å². The maximum absolute atomic E-state index is 11.3. The van der Waals surface area contributed by atoms with Gasteiger partial charge in [-0.05, 0) is 31.0 Å². The van der Waals surface area contributed by atoms with E-state index in [1.807, 2.05) is 19.1 Å². The predicted molar refractivity (Wildman–Crippen MR) is 68.3 cm³/mol. The third kappa shape index (κ3) is 3.09. The molecule has 0 amide bonds. The largest absolute Gasteiger partial charge is 0.465 e. The minimum atomic E-state index is -0.564. The van der Waals surface area contributed by atoms with E-state index in [4.69, 9.17) is 0 Å². The summed E-state index contributed by atoms with van der Waals surface area (Å²) in [4.78, 5) is 13.5. The Hall–Kier alpha value is -1.39. The number of hydrogen-bond donors (Lipinski definition) is 1. The van der Waals surface area contributed by atoms with E-state index in [0.29, 0.717) is 12.1 Å². The third-order valence-corrected chi connectivity index (χ3v) is 3.31. The van der Waals surface area contributed by atoms with Crippen molar-refractivity contribution in [2.75, 3.05) is 20.2 Å². The molecule has 1 fully saturated rings. The molecule has 0 spiro atoms. The highest BCUT2D eigenvalue weighted by Crippen LogP contribution is 2.22. The van der Waals surface area contributed by atoms with Crippen LogP contribution in [-0.4, -0.2) is 41.8 Å². The van der Waals surface area contributed by atoms with E-state index in [-0.39, 0.29) is 5.97 Å². The summed E-state index contributed by atoms with van der Waals surface area (Å²) in [7, 11) is 1.38. The second kappa shape index (κ2) is 5.08. The van der Waals surface area contributed by atoms with Crippen molar-refractivity contribution in [1.82, 2.24) is 4.90 Å². The van der Waals surface area contributed by atoms with Crippen molar-refractivity contribution in [3.8, 4) is 0 Å². The molecule has 1 atom stereocenters. The van der Waals surface area contributed by atoms with Crippen LogP contribution in [0.5, 0.6) is 0 Å². The van der Waals surface area contributed by atoms with Crippen molar-refractivity contribution in [3.63, 3.8) is 0 Å². The first-order chi connectivity index (χ1) is 8.50. The lowest BCUT2D eigenvalue weighted by Crippen LogP contribution is -2.29. The number of nitrogens with zero attached hydrogens (tertiary/aromatic N) is 1. The zero-order valence-electron chi connectivity index (χ0n) is 10.8. The van der Waals surface area contributed by atoms with Gasteiger partial charge < -0.3 is 9.84 Å². The molecule has 98 valence electrons. The van der Waals surface area contributed by atoms with Gasteiger partial charge in [0.15, 0.2) is 0 Å². The molecule has 0 saturated carbocycles. The molecule has 2 rings (SSSR count). The van der Waals surface area contributed by atoms with Crippen molar-refractivity contribution < 1.29 is 14.6 Å². The number of likely N-dealkylation sites (tertiary alicyclic amines) is 1. The van der Waals surface area contributed by atoms with Gasteiger partial charge in [0, 0.05) is 19.6 Å². The highest BCUT2D eigenvalue weighted by molar-refractivity contribution is 5.89. The van der Waals surface area contributed by atoms with Gasteiger partial charge in [0.2, 0.25) is 0 Å². The number of carbonyl (C=O) groups excluding carboxylic acids is 1. The standard InChI is InChI=1S/C14H19NO3/c1-14(17)7-8-15(10-14)9-11-3-5-12(6-4-11)13(16)18-2/h3-6,17H,7-10H2,1-2H3. The fourth-order valence-electron chi connectivity index (χ4n) is 2.30. The average molecular weight is 249 g/mol. The van der Waals surface area contributed by atoms with Crippen LogP contribution in [-0.2, 0) is 11.3 Å². The van der Waals surface area contributed by atoms with Crippen LogP contribution in [0.25, 0.3) is 0 Å². The molecule has 0 aliphatic carbocycles. The summed E-state index contributed by atoms with van der Waals surface area (Å²) in [6.45, 7) is 4.28. The number of benzene rings is 1.